The van der Waals surface area contributed by atoms with Gasteiger partial charge < -0.3 is 10.1 Å². The Kier molecular flexibility index (Phi) is 6.00. The maximum Gasteiger partial charge on any atom is 0.416 e. The summed E-state index contributed by atoms with van der Waals surface area (Å²) in [5, 5.41) is 15.3. The lowest BCUT2D eigenvalue weighted by atomic mass is 10.2. The van der Waals surface area contributed by atoms with Gasteiger partial charge in [-0.15, -0.1) is 0 Å². The van der Waals surface area contributed by atoms with Crippen LogP contribution in [-0.4, -0.2) is 29.4 Å². The molecule has 0 fully saturated rings. The number of hydrogen-bond acceptors (Lipinski definition) is 5. The van der Waals surface area contributed by atoms with E-state index in [0.717, 1.165) is 4.68 Å². The molecule has 0 atom stereocenters. The third-order valence-corrected chi connectivity index (χ3v) is 3.87. The molecule has 0 aliphatic carbocycles. The van der Waals surface area contributed by atoms with Crippen LogP contribution in [0.1, 0.15) is 17.5 Å². The van der Waals surface area contributed by atoms with Gasteiger partial charge in [-0.3, -0.25) is 4.79 Å². The Labute approximate surface area is 156 Å². The van der Waals surface area contributed by atoms with Gasteiger partial charge in [-0.1, -0.05) is 23.2 Å². The molecule has 2 rings (SSSR count). The smallest absolute Gasteiger partial charge is 0.416 e. The first kappa shape index (κ1) is 19.9. The van der Waals surface area contributed by atoms with Crippen LogP contribution in [0.5, 0.6) is 0 Å². The number of carbonyl (C=O) groups excluding carboxylic acids is 1. The number of rotatable bonds is 5. The second-order valence-corrected chi connectivity index (χ2v) is 5.78. The van der Waals surface area contributed by atoms with E-state index in [2.05, 4.69) is 15.2 Å². The first-order valence-electron chi connectivity index (χ1n) is 7.04. The highest BCUT2D eigenvalue weighted by Crippen LogP contribution is 2.38. The Hall–Kier alpha value is -2.44. The summed E-state index contributed by atoms with van der Waals surface area (Å²) in [5.74, 6) is -0.340. The molecule has 26 heavy (non-hydrogen) atoms. The first-order valence-corrected chi connectivity index (χ1v) is 7.80. The van der Waals surface area contributed by atoms with Gasteiger partial charge in [0.05, 0.1) is 35.3 Å². The highest BCUT2D eigenvalue weighted by Gasteiger charge is 2.32. The zero-order valence-corrected chi connectivity index (χ0v) is 14.7. The largest absolute Gasteiger partial charge is 0.469 e. The van der Waals surface area contributed by atoms with Crippen LogP contribution >= 0.6 is 23.2 Å². The fourth-order valence-corrected chi connectivity index (χ4v) is 2.73. The number of alkyl halides is 3. The van der Waals surface area contributed by atoms with Crippen LogP contribution in [0.15, 0.2) is 18.3 Å². The van der Waals surface area contributed by atoms with Crippen LogP contribution in [0.4, 0.5) is 19.0 Å². The van der Waals surface area contributed by atoms with E-state index in [-0.39, 0.29) is 40.1 Å². The Morgan fingerprint density at radius 2 is 2.00 bits per heavy atom. The van der Waals surface area contributed by atoms with Crippen LogP contribution in [0, 0.1) is 11.3 Å². The molecular formula is C15H11Cl2F3N4O2. The maximum atomic E-state index is 12.9. The molecule has 138 valence electrons. The monoisotopic (exact) mass is 406 g/mol. The number of halogens is 5. The molecule has 1 aromatic carbocycles. The summed E-state index contributed by atoms with van der Waals surface area (Å²) in [6, 6.07) is 3.32. The molecule has 1 aromatic heterocycles. The van der Waals surface area contributed by atoms with Gasteiger partial charge in [-0.25, -0.2) is 4.68 Å². The lowest BCUT2D eigenvalue weighted by Crippen LogP contribution is -2.14. The quantitative estimate of drug-likeness (QED) is 0.757. The van der Waals surface area contributed by atoms with Crippen LogP contribution in [0.3, 0.4) is 0 Å². The summed E-state index contributed by atoms with van der Waals surface area (Å²) >= 11 is 12.0. The van der Waals surface area contributed by atoms with Crippen molar-refractivity contribution in [2.45, 2.75) is 12.6 Å². The Morgan fingerprint density at radius 1 is 1.38 bits per heavy atom. The molecule has 0 unspecified atom stereocenters. The van der Waals surface area contributed by atoms with E-state index in [1.807, 2.05) is 6.07 Å². The van der Waals surface area contributed by atoms with Gasteiger partial charge in [-0.2, -0.15) is 23.5 Å². The van der Waals surface area contributed by atoms with Crippen molar-refractivity contribution in [1.82, 2.24) is 9.78 Å². The molecule has 0 saturated carbocycles. The number of ether oxygens (including phenoxy) is 1. The highest BCUT2D eigenvalue weighted by molar-refractivity contribution is 6.38. The summed E-state index contributed by atoms with van der Waals surface area (Å²) in [6.45, 7) is 0.100. The van der Waals surface area contributed by atoms with Gasteiger partial charge in [0.15, 0.2) is 0 Å². The van der Waals surface area contributed by atoms with Crippen molar-refractivity contribution in [3.8, 4) is 11.8 Å². The first-order chi connectivity index (χ1) is 12.2. The summed E-state index contributed by atoms with van der Waals surface area (Å²) in [6.07, 6.45) is -3.42. The molecule has 11 heteroatoms. The maximum absolute atomic E-state index is 12.9. The molecule has 2 aromatic rings. The molecule has 1 N–H and O–H groups in total. The third kappa shape index (κ3) is 4.20. The van der Waals surface area contributed by atoms with E-state index in [4.69, 9.17) is 23.2 Å². The summed E-state index contributed by atoms with van der Waals surface area (Å²) in [5.41, 5.74) is -0.936. The van der Waals surface area contributed by atoms with Crippen LogP contribution < -0.4 is 5.32 Å². The van der Waals surface area contributed by atoms with Crippen LogP contribution in [0.2, 0.25) is 10.0 Å². The van der Waals surface area contributed by atoms with E-state index in [9.17, 15) is 23.2 Å². The topological polar surface area (TPSA) is 79.9 Å². The van der Waals surface area contributed by atoms with Crippen molar-refractivity contribution in [2.24, 2.45) is 0 Å². The van der Waals surface area contributed by atoms with Gasteiger partial charge in [0.2, 0.25) is 0 Å². The second kappa shape index (κ2) is 7.85. The lowest BCUT2D eigenvalue weighted by molar-refractivity contribution is -0.140. The molecule has 0 aliphatic heterocycles. The highest BCUT2D eigenvalue weighted by atomic mass is 35.5. The van der Waals surface area contributed by atoms with E-state index in [0.29, 0.717) is 12.1 Å². The Morgan fingerprint density at radius 3 is 2.50 bits per heavy atom. The van der Waals surface area contributed by atoms with E-state index < -0.39 is 17.7 Å². The molecule has 0 bridgehead atoms. The van der Waals surface area contributed by atoms with Gasteiger partial charge in [0.25, 0.3) is 0 Å². The van der Waals surface area contributed by atoms with Crippen LogP contribution in [-0.2, 0) is 15.7 Å². The zero-order valence-electron chi connectivity index (χ0n) is 13.2. The predicted octanol–water partition coefficient (Wildman–Crippen LogP) is 4.04. The number of nitrogens with zero attached hydrogens (tertiary/aromatic N) is 3. The number of aromatic nitrogens is 2. The Bertz CT molecular complexity index is 852. The van der Waals surface area contributed by atoms with Crippen molar-refractivity contribution in [2.75, 3.05) is 19.0 Å². The van der Waals surface area contributed by atoms with Crippen LogP contribution in [0.25, 0.3) is 5.69 Å². The van der Waals surface area contributed by atoms with E-state index in [1.165, 1.54) is 13.3 Å². The number of hydrogen-bond donors (Lipinski definition) is 1. The van der Waals surface area contributed by atoms with Gasteiger partial charge in [0, 0.05) is 6.54 Å². The fraction of sp³-hybridized carbons (Fsp3) is 0.267. The summed E-state index contributed by atoms with van der Waals surface area (Å²) in [7, 11) is 1.23. The Balaban J connectivity index is 2.45. The normalized spacial score (nSPS) is 11.1. The number of carbonyl (C=O) groups is 1. The minimum absolute atomic E-state index is 0.00102. The van der Waals surface area contributed by atoms with Crippen molar-refractivity contribution in [3.05, 3.63) is 39.5 Å². The summed E-state index contributed by atoms with van der Waals surface area (Å²) < 4.78 is 44.2. The molecule has 0 amide bonds. The van der Waals surface area contributed by atoms with Crippen molar-refractivity contribution in [1.29, 1.82) is 5.26 Å². The third-order valence-electron chi connectivity index (χ3n) is 3.29. The zero-order chi connectivity index (χ0) is 19.5. The second-order valence-electron chi connectivity index (χ2n) is 4.97. The molecule has 0 radical (unpaired) electrons. The minimum atomic E-state index is -4.62. The lowest BCUT2D eigenvalue weighted by Gasteiger charge is -2.15. The molecule has 0 spiro atoms. The molecule has 6 nitrogen and oxygen atoms in total. The fourth-order valence-electron chi connectivity index (χ4n) is 2.09. The van der Waals surface area contributed by atoms with Crippen molar-refractivity contribution < 1.29 is 22.7 Å². The molecule has 0 aliphatic rings. The number of nitrogens with one attached hydrogen (secondary N) is 1. The standard InChI is InChI=1S/C15H11Cl2F3N4O2/c1-26-12(25)2-3-22-14-8(6-21)7-23-24(14)13-10(16)4-9(5-11(13)17)15(18,19)20/h4-5,7,22H,2-3H2,1H3. The van der Waals surface area contributed by atoms with Gasteiger partial charge in [-0.05, 0) is 12.1 Å². The average Bonchev–Trinajstić information content (AvgIpc) is 2.96. The predicted molar refractivity (Wildman–Crippen MR) is 88.4 cm³/mol. The molecule has 0 saturated heterocycles. The number of anilines is 1. The molecule has 1 heterocycles. The van der Waals surface area contributed by atoms with E-state index >= 15 is 0 Å². The SMILES string of the molecule is COC(=O)CCNc1c(C#N)cnn1-c1c(Cl)cc(C(F)(F)F)cc1Cl. The van der Waals surface area contributed by atoms with Gasteiger partial charge >= 0.3 is 12.1 Å². The molecular weight excluding hydrogens is 396 g/mol. The number of benzene rings is 1. The summed E-state index contributed by atoms with van der Waals surface area (Å²) in [4.78, 5) is 11.2. The van der Waals surface area contributed by atoms with Gasteiger partial charge in [0.1, 0.15) is 23.1 Å². The number of methoxy groups -OCH3 is 1. The average molecular weight is 407 g/mol. The number of nitriles is 1. The minimum Gasteiger partial charge on any atom is -0.469 e. The van der Waals surface area contributed by atoms with Crippen molar-refractivity contribution in [3.63, 3.8) is 0 Å². The van der Waals surface area contributed by atoms with E-state index in [1.54, 1.807) is 0 Å². The van der Waals surface area contributed by atoms with Crippen molar-refractivity contribution >= 4 is 35.0 Å². The number of esters is 1.